The summed E-state index contributed by atoms with van der Waals surface area (Å²) in [6.07, 6.45) is 4.85. The topological polar surface area (TPSA) is 50.4 Å². The van der Waals surface area contributed by atoms with Gasteiger partial charge < -0.3 is 15.4 Å². The number of benzene rings is 1. The van der Waals surface area contributed by atoms with E-state index >= 15 is 0 Å². The lowest BCUT2D eigenvalue weighted by atomic mass is 10.0. The summed E-state index contributed by atoms with van der Waals surface area (Å²) in [5.41, 5.74) is 0. The molecule has 1 saturated carbocycles. The molecule has 1 aromatic carbocycles. The fourth-order valence-corrected chi connectivity index (χ4v) is 3.63. The third-order valence-corrected chi connectivity index (χ3v) is 5.21. The average molecular weight is 320 g/mol. The smallest absolute Gasteiger partial charge is 0.315 e. The van der Waals surface area contributed by atoms with Gasteiger partial charge in [-0.1, -0.05) is 18.2 Å². The van der Waals surface area contributed by atoms with Gasteiger partial charge >= 0.3 is 6.03 Å². The summed E-state index contributed by atoms with van der Waals surface area (Å²) in [5, 5.41) is 6.04. The van der Waals surface area contributed by atoms with Crippen molar-refractivity contribution < 1.29 is 9.53 Å². The Morgan fingerprint density at radius 2 is 2.05 bits per heavy atom. The molecule has 1 saturated heterocycles. The number of hydrogen-bond acceptors (Lipinski definition) is 3. The number of carbonyl (C=O) groups is 1. The van der Waals surface area contributed by atoms with Crippen molar-refractivity contribution in [3.63, 3.8) is 0 Å². The van der Waals surface area contributed by atoms with Gasteiger partial charge in [0.05, 0.1) is 6.10 Å². The fraction of sp³-hybridized carbons (Fsp3) is 0.588. The fourth-order valence-electron chi connectivity index (χ4n) is 2.84. The molecule has 4 nitrogen and oxygen atoms in total. The van der Waals surface area contributed by atoms with Crippen molar-refractivity contribution in [3.8, 4) is 0 Å². The highest BCUT2D eigenvalue weighted by molar-refractivity contribution is 7.99. The quantitative estimate of drug-likeness (QED) is 0.626. The maximum Gasteiger partial charge on any atom is 0.315 e. The third kappa shape index (κ3) is 4.92. The maximum absolute atomic E-state index is 11.9. The molecule has 0 spiro atoms. The Balaban J connectivity index is 1.30. The van der Waals surface area contributed by atoms with E-state index in [-0.39, 0.29) is 12.1 Å². The molecule has 1 heterocycles. The van der Waals surface area contributed by atoms with Crippen LogP contribution in [0.4, 0.5) is 4.79 Å². The van der Waals surface area contributed by atoms with Crippen molar-refractivity contribution in [3.05, 3.63) is 30.3 Å². The van der Waals surface area contributed by atoms with E-state index in [1.165, 1.54) is 17.7 Å². The first-order valence-corrected chi connectivity index (χ1v) is 9.13. The summed E-state index contributed by atoms with van der Waals surface area (Å²) in [7, 11) is 0. The molecule has 2 aliphatic rings. The minimum Gasteiger partial charge on any atom is -0.378 e. The van der Waals surface area contributed by atoms with E-state index in [1.807, 2.05) is 18.2 Å². The second-order valence-corrected chi connectivity index (χ2v) is 7.20. The highest BCUT2D eigenvalue weighted by Gasteiger charge is 2.36. The van der Waals surface area contributed by atoms with Gasteiger partial charge in [-0.2, -0.15) is 0 Å². The van der Waals surface area contributed by atoms with Gasteiger partial charge in [-0.05, 0) is 43.7 Å². The molecule has 22 heavy (non-hydrogen) atoms. The van der Waals surface area contributed by atoms with E-state index in [9.17, 15) is 4.79 Å². The van der Waals surface area contributed by atoms with Crippen molar-refractivity contribution in [1.29, 1.82) is 0 Å². The van der Waals surface area contributed by atoms with Crippen molar-refractivity contribution in [2.45, 2.75) is 42.7 Å². The maximum atomic E-state index is 11.9. The van der Waals surface area contributed by atoms with Gasteiger partial charge in [0.1, 0.15) is 0 Å². The van der Waals surface area contributed by atoms with Crippen LogP contribution in [0.15, 0.2) is 35.2 Å². The molecule has 1 aliphatic heterocycles. The van der Waals surface area contributed by atoms with E-state index in [0.717, 1.165) is 31.1 Å². The minimum atomic E-state index is -0.0462. The number of ether oxygens (including phenoxy) is 1. The molecule has 2 N–H and O–H groups in total. The van der Waals surface area contributed by atoms with Gasteiger partial charge in [-0.15, -0.1) is 11.8 Å². The Labute approximate surface area is 136 Å². The standard InChI is InChI=1S/C17H24N2O2S/c20-17(18-9-11-22-15-4-2-1-3-5-15)19-14-8-10-21-16(12-14)13-6-7-13/h1-5,13-14,16H,6-12H2,(H2,18,19,20)/t14-,16+/m1/s1. The van der Waals surface area contributed by atoms with Crippen LogP contribution >= 0.6 is 11.8 Å². The van der Waals surface area contributed by atoms with E-state index in [1.54, 1.807) is 11.8 Å². The third-order valence-electron chi connectivity index (χ3n) is 4.20. The number of nitrogens with one attached hydrogen (secondary N) is 2. The van der Waals surface area contributed by atoms with Crippen LogP contribution in [0.3, 0.4) is 0 Å². The summed E-state index contributed by atoms with van der Waals surface area (Å²) in [4.78, 5) is 13.2. The molecule has 120 valence electrons. The van der Waals surface area contributed by atoms with Gasteiger partial charge in [-0.25, -0.2) is 4.79 Å². The van der Waals surface area contributed by atoms with Crippen LogP contribution in [-0.4, -0.2) is 37.1 Å². The summed E-state index contributed by atoms with van der Waals surface area (Å²) >= 11 is 1.76. The first-order valence-electron chi connectivity index (χ1n) is 8.15. The molecule has 1 aliphatic carbocycles. The summed E-state index contributed by atoms with van der Waals surface area (Å²) < 4.78 is 5.79. The van der Waals surface area contributed by atoms with Crippen molar-refractivity contribution in [2.24, 2.45) is 5.92 Å². The normalized spacial score (nSPS) is 24.7. The van der Waals surface area contributed by atoms with Crippen LogP contribution in [0.25, 0.3) is 0 Å². The van der Waals surface area contributed by atoms with E-state index in [0.29, 0.717) is 12.6 Å². The minimum absolute atomic E-state index is 0.0462. The molecule has 2 fully saturated rings. The van der Waals surface area contributed by atoms with Crippen LogP contribution < -0.4 is 10.6 Å². The highest BCUT2D eigenvalue weighted by atomic mass is 32.2. The van der Waals surface area contributed by atoms with Crippen molar-refractivity contribution >= 4 is 17.8 Å². The highest BCUT2D eigenvalue weighted by Crippen LogP contribution is 2.38. The molecule has 0 radical (unpaired) electrons. The second-order valence-electron chi connectivity index (χ2n) is 6.03. The average Bonchev–Trinajstić information content (AvgIpc) is 3.38. The zero-order valence-corrected chi connectivity index (χ0v) is 13.6. The lowest BCUT2D eigenvalue weighted by Gasteiger charge is -2.30. The number of thioether (sulfide) groups is 1. The van der Waals surface area contributed by atoms with Crippen LogP contribution in [0.5, 0.6) is 0 Å². The first-order chi connectivity index (χ1) is 10.8. The molecule has 5 heteroatoms. The van der Waals surface area contributed by atoms with Crippen molar-refractivity contribution in [1.82, 2.24) is 10.6 Å². The number of hydrogen-bond donors (Lipinski definition) is 2. The Hall–Kier alpha value is -1.20. The Kier molecular flexibility index (Phi) is 5.62. The molecule has 2 atom stereocenters. The van der Waals surface area contributed by atoms with E-state index in [2.05, 4.69) is 22.8 Å². The van der Waals surface area contributed by atoms with Gasteiger partial charge in [0.15, 0.2) is 0 Å². The Bertz CT molecular complexity index is 479. The first kappa shape index (κ1) is 15.7. The zero-order chi connectivity index (χ0) is 15.2. The lowest BCUT2D eigenvalue weighted by Crippen LogP contribution is -2.47. The van der Waals surface area contributed by atoms with Crippen LogP contribution in [0, 0.1) is 5.92 Å². The van der Waals surface area contributed by atoms with Crippen LogP contribution in [-0.2, 0) is 4.74 Å². The lowest BCUT2D eigenvalue weighted by molar-refractivity contribution is -0.00912. The SMILES string of the molecule is O=C(NCCSc1ccccc1)N[C@@H]1CCO[C@H](C2CC2)C1. The number of rotatable bonds is 6. The van der Waals surface area contributed by atoms with Crippen LogP contribution in [0.2, 0.25) is 0 Å². The van der Waals surface area contributed by atoms with Gasteiger partial charge in [0.2, 0.25) is 0 Å². The monoisotopic (exact) mass is 320 g/mol. The molecule has 1 aromatic rings. The molecule has 2 amide bonds. The number of urea groups is 1. The molecule has 3 rings (SSSR count). The number of amides is 2. The molecule has 0 bridgehead atoms. The van der Waals surface area contributed by atoms with Gasteiger partial charge in [-0.3, -0.25) is 0 Å². The zero-order valence-electron chi connectivity index (χ0n) is 12.8. The molecular weight excluding hydrogens is 296 g/mol. The summed E-state index contributed by atoms with van der Waals surface area (Å²) in [5.74, 6) is 1.63. The van der Waals surface area contributed by atoms with Crippen molar-refractivity contribution in [2.75, 3.05) is 18.9 Å². The molecule has 0 aromatic heterocycles. The molecule has 0 unspecified atom stereocenters. The van der Waals surface area contributed by atoms with E-state index in [4.69, 9.17) is 4.74 Å². The number of carbonyl (C=O) groups excluding carboxylic acids is 1. The second kappa shape index (κ2) is 7.88. The summed E-state index contributed by atoms with van der Waals surface area (Å²) in [6, 6.07) is 10.5. The Morgan fingerprint density at radius 3 is 2.82 bits per heavy atom. The predicted octanol–water partition coefficient (Wildman–Crippen LogP) is 3.04. The van der Waals surface area contributed by atoms with Crippen LogP contribution in [0.1, 0.15) is 25.7 Å². The largest absolute Gasteiger partial charge is 0.378 e. The Morgan fingerprint density at radius 1 is 1.23 bits per heavy atom. The summed E-state index contributed by atoms with van der Waals surface area (Å²) in [6.45, 7) is 1.46. The predicted molar refractivity (Wildman–Crippen MR) is 89.2 cm³/mol. The molecular formula is C17H24N2O2S. The van der Waals surface area contributed by atoms with E-state index < -0.39 is 0 Å². The van der Waals surface area contributed by atoms with Gasteiger partial charge in [0, 0.05) is 29.8 Å². The van der Waals surface area contributed by atoms with Gasteiger partial charge in [0.25, 0.3) is 0 Å².